The first-order valence-electron chi connectivity index (χ1n) is 19.0. The molecular formula is C52H36N2O. The predicted octanol–water partition coefficient (Wildman–Crippen LogP) is 14.4. The first-order valence-corrected chi connectivity index (χ1v) is 19.0. The zero-order valence-corrected chi connectivity index (χ0v) is 30.6. The van der Waals surface area contributed by atoms with Gasteiger partial charge in [0.15, 0.2) is 5.58 Å². The van der Waals surface area contributed by atoms with Crippen LogP contribution in [0.5, 0.6) is 0 Å². The minimum atomic E-state index is -0.0610. The van der Waals surface area contributed by atoms with Crippen molar-refractivity contribution in [3.8, 4) is 33.7 Å². The quantitative estimate of drug-likeness (QED) is 0.167. The van der Waals surface area contributed by atoms with Crippen molar-refractivity contribution in [3.05, 3.63) is 193 Å². The molecule has 1 aliphatic rings. The van der Waals surface area contributed by atoms with Crippen LogP contribution in [0.15, 0.2) is 186 Å². The lowest BCUT2D eigenvalue weighted by Gasteiger charge is -2.29. The lowest BCUT2D eigenvalue weighted by molar-refractivity contribution is 0.623. The van der Waals surface area contributed by atoms with Crippen molar-refractivity contribution in [2.45, 2.75) is 19.3 Å². The minimum absolute atomic E-state index is 0.0610. The molecule has 3 heteroatoms. The van der Waals surface area contributed by atoms with Crippen LogP contribution in [0.4, 0.5) is 17.1 Å². The molecule has 11 rings (SSSR count). The van der Waals surface area contributed by atoms with Gasteiger partial charge in [-0.25, -0.2) is 4.98 Å². The monoisotopic (exact) mass is 704 g/mol. The van der Waals surface area contributed by atoms with Gasteiger partial charge in [-0.15, -0.1) is 0 Å². The van der Waals surface area contributed by atoms with E-state index in [0.29, 0.717) is 5.89 Å². The second kappa shape index (κ2) is 12.0. The summed E-state index contributed by atoms with van der Waals surface area (Å²) in [6.07, 6.45) is 0. The van der Waals surface area contributed by atoms with Gasteiger partial charge in [0.05, 0.1) is 5.69 Å². The number of hydrogen-bond donors (Lipinski definition) is 0. The van der Waals surface area contributed by atoms with E-state index in [-0.39, 0.29) is 5.41 Å². The van der Waals surface area contributed by atoms with E-state index in [4.69, 9.17) is 9.40 Å². The number of fused-ring (bicyclic) bond motifs is 10. The van der Waals surface area contributed by atoms with Crippen molar-refractivity contribution in [1.29, 1.82) is 0 Å². The van der Waals surface area contributed by atoms with Gasteiger partial charge in [0.1, 0.15) is 5.52 Å². The Morgan fingerprint density at radius 2 is 1.13 bits per heavy atom. The molecule has 0 unspecified atom stereocenters. The van der Waals surface area contributed by atoms with Crippen molar-refractivity contribution in [2.75, 3.05) is 4.90 Å². The number of benzene rings is 9. The molecule has 0 atom stereocenters. The van der Waals surface area contributed by atoms with Crippen LogP contribution in [0.1, 0.15) is 25.0 Å². The Kier molecular flexibility index (Phi) is 6.90. The normalized spacial score (nSPS) is 13.1. The van der Waals surface area contributed by atoms with E-state index in [1.165, 1.54) is 44.0 Å². The van der Waals surface area contributed by atoms with Crippen molar-refractivity contribution < 1.29 is 4.42 Å². The van der Waals surface area contributed by atoms with Gasteiger partial charge in [-0.2, -0.15) is 0 Å². The Labute approximate surface area is 319 Å². The third kappa shape index (κ3) is 4.79. The number of para-hydroxylation sites is 2. The number of hydrogen-bond acceptors (Lipinski definition) is 3. The van der Waals surface area contributed by atoms with Gasteiger partial charge >= 0.3 is 0 Å². The summed E-state index contributed by atoms with van der Waals surface area (Å²) in [5, 5.41) is 6.92. The summed E-state index contributed by atoms with van der Waals surface area (Å²) in [6.45, 7) is 4.68. The summed E-state index contributed by atoms with van der Waals surface area (Å²) in [7, 11) is 0. The molecule has 0 N–H and O–H groups in total. The van der Waals surface area contributed by atoms with E-state index in [9.17, 15) is 0 Å². The molecule has 1 aromatic heterocycles. The Morgan fingerprint density at radius 1 is 0.473 bits per heavy atom. The molecule has 3 nitrogen and oxygen atoms in total. The number of aromatic nitrogens is 1. The van der Waals surface area contributed by atoms with Crippen molar-refractivity contribution >= 4 is 60.5 Å². The standard InChI is InChI=1S/C52H36N2O/c1-52(2)44-23-13-11-20-39(44)43-32-37(28-29-45(43)52)54(36-17-7-4-8-18-36)47-24-14-12-21-40(47)42-31-35-26-25-33-27-30-46-50(55-51(53-46)34-15-5-3-6-16-34)49(33)48(35)41-22-10-9-19-38(41)42/h3-32H,1-2H3. The topological polar surface area (TPSA) is 29.3 Å². The Hall–Kier alpha value is -6.97. The molecule has 9 aromatic carbocycles. The van der Waals surface area contributed by atoms with E-state index in [2.05, 4.69) is 170 Å². The molecule has 0 bridgehead atoms. The van der Waals surface area contributed by atoms with Crippen LogP contribution in [0.25, 0.3) is 77.1 Å². The van der Waals surface area contributed by atoms with E-state index < -0.39 is 0 Å². The number of nitrogens with zero attached hydrogens (tertiary/aromatic N) is 2. The summed E-state index contributed by atoms with van der Waals surface area (Å²) < 4.78 is 6.64. The van der Waals surface area contributed by atoms with Gasteiger partial charge in [0.2, 0.25) is 5.89 Å². The predicted molar refractivity (Wildman–Crippen MR) is 230 cm³/mol. The molecule has 0 aliphatic heterocycles. The van der Waals surface area contributed by atoms with Crippen LogP contribution >= 0.6 is 0 Å². The van der Waals surface area contributed by atoms with Gasteiger partial charge in [0, 0.05) is 38.7 Å². The zero-order valence-electron chi connectivity index (χ0n) is 30.6. The summed E-state index contributed by atoms with van der Waals surface area (Å²) in [4.78, 5) is 7.37. The molecule has 0 radical (unpaired) electrons. The van der Waals surface area contributed by atoms with Crippen molar-refractivity contribution in [3.63, 3.8) is 0 Å². The van der Waals surface area contributed by atoms with E-state index >= 15 is 0 Å². The minimum Gasteiger partial charge on any atom is -0.435 e. The van der Waals surface area contributed by atoms with Gasteiger partial charge in [-0.05, 0) is 104 Å². The summed E-state index contributed by atoms with van der Waals surface area (Å²) >= 11 is 0. The second-order valence-electron chi connectivity index (χ2n) is 15.1. The molecule has 10 aromatic rings. The molecule has 0 fully saturated rings. The van der Waals surface area contributed by atoms with Crippen molar-refractivity contribution in [1.82, 2.24) is 4.98 Å². The van der Waals surface area contributed by atoms with Crippen LogP contribution < -0.4 is 4.90 Å². The third-order valence-electron chi connectivity index (χ3n) is 11.7. The molecule has 0 spiro atoms. The Balaban J connectivity index is 1.15. The summed E-state index contributed by atoms with van der Waals surface area (Å²) in [5.41, 5.74) is 13.6. The van der Waals surface area contributed by atoms with Crippen molar-refractivity contribution in [2.24, 2.45) is 0 Å². The van der Waals surface area contributed by atoms with Crippen LogP contribution in [-0.2, 0) is 5.41 Å². The number of rotatable bonds is 5. The fourth-order valence-electron chi connectivity index (χ4n) is 9.07. The van der Waals surface area contributed by atoms with Crippen LogP contribution in [0, 0.1) is 0 Å². The third-order valence-corrected chi connectivity index (χ3v) is 11.7. The van der Waals surface area contributed by atoms with Gasteiger partial charge in [0.25, 0.3) is 0 Å². The van der Waals surface area contributed by atoms with Gasteiger partial charge in [-0.3, -0.25) is 0 Å². The van der Waals surface area contributed by atoms with Crippen LogP contribution in [-0.4, -0.2) is 4.98 Å². The van der Waals surface area contributed by atoms with Gasteiger partial charge < -0.3 is 9.32 Å². The average Bonchev–Trinajstić information content (AvgIpc) is 3.78. The molecule has 1 heterocycles. The highest BCUT2D eigenvalue weighted by atomic mass is 16.3. The molecule has 0 saturated heterocycles. The van der Waals surface area contributed by atoms with E-state index in [1.54, 1.807) is 0 Å². The molecule has 0 amide bonds. The van der Waals surface area contributed by atoms with E-state index in [1.807, 2.05) is 30.3 Å². The average molecular weight is 705 g/mol. The first-order chi connectivity index (χ1) is 27.0. The zero-order chi connectivity index (χ0) is 36.7. The maximum atomic E-state index is 6.64. The first kappa shape index (κ1) is 31.5. The fourth-order valence-corrected chi connectivity index (χ4v) is 9.07. The highest BCUT2D eigenvalue weighted by molar-refractivity contribution is 6.28. The molecule has 260 valence electrons. The molecule has 0 saturated carbocycles. The largest absolute Gasteiger partial charge is 0.435 e. The van der Waals surface area contributed by atoms with E-state index in [0.717, 1.165) is 55.4 Å². The Bertz CT molecular complexity index is 3120. The highest BCUT2D eigenvalue weighted by Gasteiger charge is 2.35. The lowest BCUT2D eigenvalue weighted by Crippen LogP contribution is -2.15. The maximum absolute atomic E-state index is 6.64. The smallest absolute Gasteiger partial charge is 0.227 e. The SMILES string of the molecule is CC1(C)c2ccccc2-c2cc(N(c3ccccc3)c3ccccc3-c3cc4ccc5ccc6nc(-c7ccccc7)oc6c5c4c4ccccc34)ccc21. The van der Waals surface area contributed by atoms with Gasteiger partial charge in [-0.1, -0.05) is 141 Å². The van der Waals surface area contributed by atoms with Crippen LogP contribution in [0.2, 0.25) is 0 Å². The fraction of sp³-hybridized carbons (Fsp3) is 0.0577. The number of oxazole rings is 1. The number of anilines is 3. The molecule has 1 aliphatic carbocycles. The molecule has 55 heavy (non-hydrogen) atoms. The summed E-state index contributed by atoms with van der Waals surface area (Å²) in [6, 6.07) is 65.5. The Morgan fingerprint density at radius 3 is 1.96 bits per heavy atom. The second-order valence-corrected chi connectivity index (χ2v) is 15.1. The maximum Gasteiger partial charge on any atom is 0.227 e. The summed E-state index contributed by atoms with van der Waals surface area (Å²) in [5.74, 6) is 0.634. The highest BCUT2D eigenvalue weighted by Crippen LogP contribution is 2.52. The molecular weight excluding hydrogens is 669 g/mol. The lowest BCUT2D eigenvalue weighted by atomic mass is 9.82. The van der Waals surface area contributed by atoms with Crippen LogP contribution in [0.3, 0.4) is 0 Å².